The summed E-state index contributed by atoms with van der Waals surface area (Å²) >= 11 is 0. The van der Waals surface area contributed by atoms with Crippen LogP contribution in [0.25, 0.3) is 11.1 Å². The number of nitrogens with zero attached hydrogens (tertiary/aromatic N) is 9. The van der Waals surface area contributed by atoms with Crippen LogP contribution in [0.3, 0.4) is 0 Å². The van der Waals surface area contributed by atoms with Crippen molar-refractivity contribution in [3.8, 4) is 28.8 Å². The van der Waals surface area contributed by atoms with Crippen LogP contribution in [0.15, 0.2) is 43.1 Å². The lowest BCUT2D eigenvalue weighted by molar-refractivity contribution is -0.154. The van der Waals surface area contributed by atoms with Gasteiger partial charge in [0.1, 0.15) is 29.9 Å². The van der Waals surface area contributed by atoms with Crippen molar-refractivity contribution in [1.29, 1.82) is 5.26 Å². The predicted octanol–water partition coefficient (Wildman–Crippen LogP) is 4.07. The highest BCUT2D eigenvalue weighted by atomic mass is 19.4. The van der Waals surface area contributed by atoms with Crippen LogP contribution in [0.4, 0.5) is 24.8 Å². The Labute approximate surface area is 268 Å². The molecule has 1 saturated heterocycles. The van der Waals surface area contributed by atoms with Crippen molar-refractivity contribution in [2.45, 2.75) is 63.6 Å². The molecule has 1 aliphatic carbocycles. The van der Waals surface area contributed by atoms with Gasteiger partial charge in [0.15, 0.2) is 6.61 Å². The Kier molecular flexibility index (Phi) is 9.78. The lowest BCUT2D eigenvalue weighted by atomic mass is 9.82. The molecule has 0 amide bonds. The number of hydrogen-bond acceptors (Lipinski definition) is 12. The standard InChI is InChI=1S/C30H34F3N11O3/c1-19(15-43-18-38-41-42-43)47-26-10-21(2-3-22(26)11-34)23-12-36-29(37-13-23)39-25-16-44(40-28(25)46-17-30(31,32)33)24-6-4-20(5-7-24)27-14-35-8-9-45-27/h2-3,10,12-13,16,18-20,24,27,35H,4-9,14-15,17H2,1H3,(H,36,37,39)/t19?,20-,24-,27?. The second kappa shape index (κ2) is 14.3. The molecule has 0 radical (unpaired) electrons. The fourth-order valence-corrected chi connectivity index (χ4v) is 5.87. The van der Waals surface area contributed by atoms with E-state index in [-0.39, 0.29) is 35.8 Å². The summed E-state index contributed by atoms with van der Waals surface area (Å²) in [5.74, 6) is 0.778. The van der Waals surface area contributed by atoms with E-state index in [1.807, 2.05) is 6.92 Å². The van der Waals surface area contributed by atoms with Gasteiger partial charge >= 0.3 is 6.18 Å². The Bertz CT molecular complexity index is 1640. The van der Waals surface area contributed by atoms with Gasteiger partial charge in [-0.1, -0.05) is 6.07 Å². The number of nitriles is 1. The number of nitrogens with one attached hydrogen (secondary N) is 2. The van der Waals surface area contributed by atoms with Crippen molar-refractivity contribution in [2.24, 2.45) is 5.92 Å². The molecular formula is C30H34F3N11O3. The Morgan fingerprint density at radius 1 is 1.17 bits per heavy atom. The zero-order chi connectivity index (χ0) is 32.8. The second-order valence-electron chi connectivity index (χ2n) is 11.6. The zero-order valence-corrected chi connectivity index (χ0v) is 25.6. The predicted molar refractivity (Wildman–Crippen MR) is 161 cm³/mol. The number of benzene rings is 1. The van der Waals surface area contributed by atoms with Crippen molar-refractivity contribution in [2.75, 3.05) is 31.6 Å². The van der Waals surface area contributed by atoms with E-state index in [4.69, 9.17) is 14.2 Å². The Morgan fingerprint density at radius 3 is 2.66 bits per heavy atom. The molecule has 1 aliphatic heterocycles. The summed E-state index contributed by atoms with van der Waals surface area (Å²) in [7, 11) is 0. The first-order valence-electron chi connectivity index (χ1n) is 15.4. The number of hydrogen-bond donors (Lipinski definition) is 2. The van der Waals surface area contributed by atoms with E-state index < -0.39 is 12.8 Å². The Morgan fingerprint density at radius 2 is 1.98 bits per heavy atom. The van der Waals surface area contributed by atoms with Crippen molar-refractivity contribution < 1.29 is 27.4 Å². The van der Waals surface area contributed by atoms with Crippen LogP contribution in [-0.2, 0) is 11.3 Å². The Balaban J connectivity index is 1.15. The lowest BCUT2D eigenvalue weighted by Gasteiger charge is -2.35. The minimum absolute atomic E-state index is 0.0123. The maximum absolute atomic E-state index is 13.1. The summed E-state index contributed by atoms with van der Waals surface area (Å²) in [6.07, 6.45) is 5.08. The molecule has 14 nitrogen and oxygen atoms in total. The molecule has 0 bridgehead atoms. The monoisotopic (exact) mass is 653 g/mol. The van der Waals surface area contributed by atoms with Crippen LogP contribution >= 0.6 is 0 Å². The third-order valence-corrected chi connectivity index (χ3v) is 8.17. The normalized spacial score (nSPS) is 20.7. The molecule has 1 aromatic carbocycles. The third-order valence-electron chi connectivity index (χ3n) is 8.17. The van der Waals surface area contributed by atoms with Crippen LogP contribution in [0.2, 0.25) is 0 Å². The van der Waals surface area contributed by atoms with E-state index >= 15 is 0 Å². The number of rotatable bonds is 11. The maximum Gasteiger partial charge on any atom is 0.422 e. The van der Waals surface area contributed by atoms with Crippen molar-refractivity contribution >= 4 is 11.6 Å². The maximum atomic E-state index is 13.1. The molecule has 4 heterocycles. The molecule has 2 N–H and O–H groups in total. The summed E-state index contributed by atoms with van der Waals surface area (Å²) in [5, 5.41) is 31.4. The molecule has 2 unspecified atom stereocenters. The summed E-state index contributed by atoms with van der Waals surface area (Å²) in [6.45, 7) is 3.13. The number of ether oxygens (including phenoxy) is 3. The molecule has 47 heavy (non-hydrogen) atoms. The first kappa shape index (κ1) is 32.1. The summed E-state index contributed by atoms with van der Waals surface area (Å²) < 4.78 is 59.4. The SMILES string of the molecule is CC(Cn1cnnn1)Oc1cc(-c2cnc(Nc3cn([C@H]4CC[C@H](C5CNCCO5)CC4)nc3OCC(F)(F)F)nc2)ccc1C#N. The molecule has 2 aliphatic rings. The molecule has 2 fully saturated rings. The molecule has 17 heteroatoms. The van der Waals surface area contributed by atoms with E-state index in [0.29, 0.717) is 41.5 Å². The number of alkyl halides is 3. The van der Waals surface area contributed by atoms with Gasteiger partial charge in [0.2, 0.25) is 5.95 Å². The highest BCUT2D eigenvalue weighted by Crippen LogP contribution is 2.37. The molecule has 3 aromatic heterocycles. The average Bonchev–Trinajstić information content (AvgIpc) is 3.74. The smallest absolute Gasteiger partial charge is 0.422 e. The zero-order valence-electron chi connectivity index (χ0n) is 25.6. The number of tetrazole rings is 1. The lowest BCUT2D eigenvalue weighted by Crippen LogP contribution is -2.43. The van der Waals surface area contributed by atoms with Gasteiger partial charge in [-0.3, -0.25) is 4.68 Å². The fourth-order valence-electron chi connectivity index (χ4n) is 5.87. The molecule has 1 saturated carbocycles. The van der Waals surface area contributed by atoms with Crippen molar-refractivity contribution in [1.82, 2.24) is 45.3 Å². The van der Waals surface area contributed by atoms with Crippen LogP contribution in [0.5, 0.6) is 11.6 Å². The summed E-state index contributed by atoms with van der Waals surface area (Å²) in [5.41, 5.74) is 1.92. The van der Waals surface area contributed by atoms with Crippen molar-refractivity contribution in [3.05, 3.63) is 48.7 Å². The highest BCUT2D eigenvalue weighted by Gasteiger charge is 2.32. The number of halogens is 3. The molecule has 0 spiro atoms. The minimum atomic E-state index is -4.53. The van der Waals surface area contributed by atoms with E-state index in [0.717, 1.165) is 38.8 Å². The number of anilines is 2. The highest BCUT2D eigenvalue weighted by molar-refractivity contribution is 5.67. The number of morpholine rings is 1. The fraction of sp³-hybridized carbons (Fsp3) is 0.500. The van der Waals surface area contributed by atoms with Gasteiger partial charge < -0.3 is 24.8 Å². The molecule has 4 aromatic rings. The van der Waals surface area contributed by atoms with Crippen LogP contribution in [0, 0.1) is 17.2 Å². The molecular weight excluding hydrogens is 619 g/mol. The second-order valence-corrected chi connectivity index (χ2v) is 11.6. The van der Waals surface area contributed by atoms with E-state index in [9.17, 15) is 18.4 Å². The van der Waals surface area contributed by atoms with Gasteiger partial charge in [-0.25, -0.2) is 14.6 Å². The van der Waals surface area contributed by atoms with Gasteiger partial charge in [0.25, 0.3) is 5.88 Å². The summed E-state index contributed by atoms with van der Waals surface area (Å²) in [4.78, 5) is 8.76. The van der Waals surface area contributed by atoms with E-state index in [2.05, 4.69) is 47.3 Å². The topological polar surface area (TPSA) is 163 Å². The first-order chi connectivity index (χ1) is 22.7. The van der Waals surface area contributed by atoms with Crippen molar-refractivity contribution in [3.63, 3.8) is 0 Å². The van der Waals surface area contributed by atoms with Gasteiger partial charge in [-0.15, -0.1) is 10.2 Å². The van der Waals surface area contributed by atoms with Gasteiger partial charge in [0.05, 0.1) is 37.1 Å². The van der Waals surface area contributed by atoms with Gasteiger partial charge in [-0.2, -0.15) is 18.4 Å². The Hall–Kier alpha value is -4.82. The van der Waals surface area contributed by atoms with Gasteiger partial charge in [-0.05, 0) is 66.6 Å². The average molecular weight is 654 g/mol. The first-order valence-corrected chi connectivity index (χ1v) is 15.4. The molecule has 248 valence electrons. The van der Waals surface area contributed by atoms with E-state index in [1.165, 1.54) is 11.0 Å². The third kappa shape index (κ3) is 8.32. The van der Waals surface area contributed by atoms with Gasteiger partial charge in [0, 0.05) is 31.0 Å². The largest absolute Gasteiger partial charge is 0.487 e. The summed E-state index contributed by atoms with van der Waals surface area (Å²) in [6, 6.07) is 7.26. The van der Waals surface area contributed by atoms with Crippen LogP contribution in [0.1, 0.15) is 44.2 Å². The minimum Gasteiger partial charge on any atom is -0.487 e. The quantitative estimate of drug-likeness (QED) is 0.239. The number of aromatic nitrogens is 8. The van der Waals surface area contributed by atoms with E-state index in [1.54, 1.807) is 41.5 Å². The molecule has 6 rings (SSSR count). The molecule has 2 atom stereocenters. The van der Waals surface area contributed by atoms with Crippen LogP contribution in [-0.4, -0.2) is 84.6 Å². The van der Waals surface area contributed by atoms with Crippen LogP contribution < -0.4 is 20.1 Å².